The minimum Gasteiger partial charge on any atom is -0.496 e. The predicted octanol–water partition coefficient (Wildman–Crippen LogP) is 4.83. The fourth-order valence-electron chi connectivity index (χ4n) is 1.77. The van der Waals surface area contributed by atoms with Gasteiger partial charge in [-0.15, -0.1) is 0 Å². The van der Waals surface area contributed by atoms with Crippen LogP contribution in [0.2, 0.25) is 0 Å². The van der Waals surface area contributed by atoms with E-state index in [1.807, 2.05) is 24.4 Å². The van der Waals surface area contributed by atoms with E-state index in [0.29, 0.717) is 0 Å². The van der Waals surface area contributed by atoms with Gasteiger partial charge in [0, 0.05) is 6.21 Å². The SMILES string of the molecule is COc1ccc(C=Nc2cc(C)ccc2C)cc1Br. The Morgan fingerprint density at radius 1 is 1.11 bits per heavy atom. The molecule has 0 saturated heterocycles. The number of aliphatic imine (C=N–C) groups is 1. The van der Waals surface area contributed by atoms with Gasteiger partial charge in [-0.2, -0.15) is 0 Å². The fraction of sp³-hybridized carbons (Fsp3) is 0.188. The summed E-state index contributed by atoms with van der Waals surface area (Å²) in [5.41, 5.74) is 4.43. The Kier molecular flexibility index (Phi) is 4.38. The summed E-state index contributed by atoms with van der Waals surface area (Å²) in [6.07, 6.45) is 1.87. The first-order valence-corrected chi connectivity index (χ1v) is 6.84. The van der Waals surface area contributed by atoms with E-state index in [0.717, 1.165) is 21.5 Å². The molecule has 0 saturated carbocycles. The number of nitrogens with zero attached hydrogens (tertiary/aromatic N) is 1. The summed E-state index contributed by atoms with van der Waals surface area (Å²) in [4.78, 5) is 4.55. The summed E-state index contributed by atoms with van der Waals surface area (Å²) < 4.78 is 6.14. The van der Waals surface area contributed by atoms with Gasteiger partial charge >= 0.3 is 0 Å². The number of ether oxygens (including phenoxy) is 1. The Balaban J connectivity index is 2.27. The second-order valence-electron chi connectivity index (χ2n) is 4.44. The predicted molar refractivity (Wildman–Crippen MR) is 83.9 cm³/mol. The molecule has 0 atom stereocenters. The van der Waals surface area contributed by atoms with Crippen molar-refractivity contribution in [3.05, 3.63) is 57.6 Å². The Morgan fingerprint density at radius 2 is 1.89 bits per heavy atom. The van der Waals surface area contributed by atoms with E-state index in [1.54, 1.807) is 7.11 Å². The zero-order chi connectivity index (χ0) is 13.8. The highest BCUT2D eigenvalue weighted by molar-refractivity contribution is 9.10. The molecule has 0 N–H and O–H groups in total. The highest BCUT2D eigenvalue weighted by atomic mass is 79.9. The number of halogens is 1. The van der Waals surface area contributed by atoms with E-state index >= 15 is 0 Å². The van der Waals surface area contributed by atoms with Crippen molar-refractivity contribution in [3.63, 3.8) is 0 Å². The van der Waals surface area contributed by atoms with Crippen LogP contribution in [-0.2, 0) is 0 Å². The molecule has 2 aromatic carbocycles. The van der Waals surface area contributed by atoms with Crippen LogP contribution in [-0.4, -0.2) is 13.3 Å². The van der Waals surface area contributed by atoms with Crippen molar-refractivity contribution in [1.29, 1.82) is 0 Å². The molecule has 0 aliphatic carbocycles. The zero-order valence-electron chi connectivity index (χ0n) is 11.3. The Bertz CT molecular complexity index is 620. The van der Waals surface area contributed by atoms with Crippen LogP contribution in [0.15, 0.2) is 45.9 Å². The average Bonchev–Trinajstić information content (AvgIpc) is 2.40. The largest absolute Gasteiger partial charge is 0.496 e. The quantitative estimate of drug-likeness (QED) is 0.743. The molecular formula is C16H16BrNO. The third-order valence-electron chi connectivity index (χ3n) is 2.89. The Morgan fingerprint density at radius 3 is 2.58 bits per heavy atom. The molecule has 0 aromatic heterocycles. The minimum absolute atomic E-state index is 0.823. The van der Waals surface area contributed by atoms with Gasteiger partial charge < -0.3 is 4.74 Å². The van der Waals surface area contributed by atoms with Gasteiger partial charge in [0.1, 0.15) is 5.75 Å². The summed E-state index contributed by atoms with van der Waals surface area (Å²) in [7, 11) is 1.66. The molecule has 0 fully saturated rings. The van der Waals surface area contributed by atoms with Crippen molar-refractivity contribution < 1.29 is 4.74 Å². The molecule has 2 aromatic rings. The molecular weight excluding hydrogens is 302 g/mol. The van der Waals surface area contributed by atoms with Crippen molar-refractivity contribution in [1.82, 2.24) is 0 Å². The molecule has 19 heavy (non-hydrogen) atoms. The molecule has 0 spiro atoms. The Labute approximate surface area is 122 Å². The molecule has 0 radical (unpaired) electrons. The number of rotatable bonds is 3. The van der Waals surface area contributed by atoms with Crippen molar-refractivity contribution in [3.8, 4) is 5.75 Å². The fourth-order valence-corrected chi connectivity index (χ4v) is 2.32. The van der Waals surface area contributed by atoms with E-state index in [1.165, 1.54) is 11.1 Å². The smallest absolute Gasteiger partial charge is 0.133 e. The van der Waals surface area contributed by atoms with Crippen LogP contribution < -0.4 is 4.74 Å². The summed E-state index contributed by atoms with van der Waals surface area (Å²) in [5.74, 6) is 0.823. The van der Waals surface area contributed by atoms with E-state index in [9.17, 15) is 0 Å². The van der Waals surface area contributed by atoms with Gasteiger partial charge in [-0.1, -0.05) is 12.1 Å². The standard InChI is InChI=1S/C16H16BrNO/c1-11-4-5-12(2)15(8-11)18-10-13-6-7-16(19-3)14(17)9-13/h4-10H,1-3H3. The molecule has 2 nitrogen and oxygen atoms in total. The van der Waals surface area contributed by atoms with Gasteiger partial charge in [0.05, 0.1) is 17.3 Å². The Hall–Kier alpha value is -1.61. The molecule has 0 unspecified atom stereocenters. The van der Waals surface area contributed by atoms with Gasteiger partial charge in [-0.25, -0.2) is 0 Å². The maximum atomic E-state index is 5.21. The van der Waals surface area contributed by atoms with Crippen LogP contribution >= 0.6 is 15.9 Å². The maximum absolute atomic E-state index is 5.21. The first kappa shape index (κ1) is 13.8. The second-order valence-corrected chi connectivity index (χ2v) is 5.30. The van der Waals surface area contributed by atoms with Gasteiger partial charge in [0.25, 0.3) is 0 Å². The molecule has 2 rings (SSSR count). The lowest BCUT2D eigenvalue weighted by atomic mass is 10.1. The number of aryl methyl sites for hydroxylation is 2. The maximum Gasteiger partial charge on any atom is 0.133 e. The normalized spacial score (nSPS) is 10.9. The van der Waals surface area contributed by atoms with Crippen molar-refractivity contribution in [2.75, 3.05) is 7.11 Å². The van der Waals surface area contributed by atoms with E-state index in [-0.39, 0.29) is 0 Å². The topological polar surface area (TPSA) is 21.6 Å². The average molecular weight is 318 g/mol. The van der Waals surface area contributed by atoms with E-state index in [4.69, 9.17) is 4.74 Å². The van der Waals surface area contributed by atoms with Gasteiger partial charge in [0.15, 0.2) is 0 Å². The van der Waals surface area contributed by atoms with Crippen LogP contribution in [0.4, 0.5) is 5.69 Å². The van der Waals surface area contributed by atoms with E-state index in [2.05, 4.69) is 53.0 Å². The highest BCUT2D eigenvalue weighted by Gasteiger charge is 2.00. The van der Waals surface area contributed by atoms with Crippen LogP contribution in [0.1, 0.15) is 16.7 Å². The molecule has 0 amide bonds. The first-order valence-electron chi connectivity index (χ1n) is 6.05. The molecule has 98 valence electrons. The van der Waals surface area contributed by atoms with Crippen LogP contribution in [0.3, 0.4) is 0 Å². The first-order chi connectivity index (χ1) is 9.10. The van der Waals surface area contributed by atoms with Gasteiger partial charge in [0.2, 0.25) is 0 Å². The highest BCUT2D eigenvalue weighted by Crippen LogP contribution is 2.25. The van der Waals surface area contributed by atoms with Crippen LogP contribution in [0.5, 0.6) is 5.75 Å². The summed E-state index contributed by atoms with van der Waals surface area (Å²) in [6, 6.07) is 12.2. The lowest BCUT2D eigenvalue weighted by Crippen LogP contribution is -1.87. The zero-order valence-corrected chi connectivity index (χ0v) is 12.9. The second kappa shape index (κ2) is 6.02. The molecule has 0 aliphatic rings. The van der Waals surface area contributed by atoms with Crippen molar-refractivity contribution in [2.45, 2.75) is 13.8 Å². The summed E-state index contributed by atoms with van der Waals surface area (Å²) >= 11 is 3.47. The molecule has 0 bridgehead atoms. The van der Waals surface area contributed by atoms with E-state index < -0.39 is 0 Å². The summed E-state index contributed by atoms with van der Waals surface area (Å²) in [5, 5.41) is 0. The molecule has 0 aliphatic heterocycles. The monoisotopic (exact) mass is 317 g/mol. The molecule has 3 heteroatoms. The van der Waals surface area contributed by atoms with Gasteiger partial charge in [-0.05, 0) is 70.7 Å². The third-order valence-corrected chi connectivity index (χ3v) is 3.51. The number of hydrogen-bond acceptors (Lipinski definition) is 2. The lowest BCUT2D eigenvalue weighted by molar-refractivity contribution is 0.412. The molecule has 0 heterocycles. The number of benzene rings is 2. The van der Waals surface area contributed by atoms with Crippen molar-refractivity contribution in [2.24, 2.45) is 4.99 Å². The lowest BCUT2D eigenvalue weighted by Gasteiger charge is -2.04. The number of methoxy groups -OCH3 is 1. The number of hydrogen-bond donors (Lipinski definition) is 0. The third kappa shape index (κ3) is 3.44. The minimum atomic E-state index is 0.823. The van der Waals surface area contributed by atoms with Crippen LogP contribution in [0.25, 0.3) is 0 Å². The van der Waals surface area contributed by atoms with Crippen LogP contribution in [0, 0.1) is 13.8 Å². The van der Waals surface area contributed by atoms with Gasteiger partial charge in [-0.3, -0.25) is 4.99 Å². The summed E-state index contributed by atoms with van der Waals surface area (Å²) in [6.45, 7) is 4.14. The van der Waals surface area contributed by atoms with Crippen molar-refractivity contribution >= 4 is 27.8 Å².